The molecule has 1 aliphatic rings. The number of aromatic nitrogens is 1. The summed E-state index contributed by atoms with van der Waals surface area (Å²) in [6.07, 6.45) is 14.0. The zero-order valence-corrected chi connectivity index (χ0v) is 16.1. The van der Waals surface area contributed by atoms with E-state index >= 15 is 0 Å². The molecule has 1 aliphatic carbocycles. The molecule has 152 valence electrons. The van der Waals surface area contributed by atoms with Crippen LogP contribution >= 0.6 is 0 Å². The predicted octanol–water partition coefficient (Wildman–Crippen LogP) is 3.38. The lowest BCUT2D eigenvalue weighted by Crippen LogP contribution is -2.23. The van der Waals surface area contributed by atoms with Crippen LogP contribution in [-0.4, -0.2) is 23.3 Å². The molecule has 1 aromatic carbocycles. The number of benzene rings is 1. The summed E-state index contributed by atoms with van der Waals surface area (Å²) < 4.78 is 13.4. The SMILES string of the molecule is Nc1ccc(F)cc1NC(=O)C1=CC=C(CNC(=O)/C=C/c2cccnc2)CC=C1. The molecule has 0 spiro atoms. The number of allylic oxidation sites excluding steroid dienone is 3. The summed E-state index contributed by atoms with van der Waals surface area (Å²) in [6, 6.07) is 7.44. The number of amides is 2. The number of carbonyl (C=O) groups excluding carboxylic acids is 2. The average molecular weight is 404 g/mol. The molecule has 2 amide bonds. The lowest BCUT2D eigenvalue weighted by atomic mass is 10.2. The third kappa shape index (κ3) is 6.00. The molecule has 0 atom stereocenters. The first-order valence-corrected chi connectivity index (χ1v) is 9.30. The normalized spacial score (nSPS) is 13.4. The lowest BCUT2D eigenvalue weighted by Gasteiger charge is -2.08. The number of carbonyl (C=O) groups is 2. The highest BCUT2D eigenvalue weighted by Gasteiger charge is 2.11. The van der Waals surface area contributed by atoms with Crippen LogP contribution in [-0.2, 0) is 9.59 Å². The van der Waals surface area contributed by atoms with Crippen molar-refractivity contribution in [2.24, 2.45) is 0 Å². The van der Waals surface area contributed by atoms with Crippen LogP contribution < -0.4 is 16.4 Å². The van der Waals surface area contributed by atoms with Crippen molar-refractivity contribution in [2.45, 2.75) is 6.42 Å². The second kappa shape index (κ2) is 9.97. The number of nitrogens with zero attached hydrogens (tertiary/aromatic N) is 1. The summed E-state index contributed by atoms with van der Waals surface area (Å²) in [4.78, 5) is 28.4. The van der Waals surface area contributed by atoms with Gasteiger partial charge in [-0.2, -0.15) is 0 Å². The Morgan fingerprint density at radius 1 is 1.23 bits per heavy atom. The van der Waals surface area contributed by atoms with Gasteiger partial charge in [-0.3, -0.25) is 14.6 Å². The van der Waals surface area contributed by atoms with E-state index in [-0.39, 0.29) is 17.3 Å². The Labute approximate surface area is 173 Å². The zero-order chi connectivity index (χ0) is 21.3. The standard InChI is InChI=1S/C23H21FN4O2/c24-19-9-10-20(25)21(13-19)28-23(30)18-5-1-3-17(6-8-18)15-27-22(29)11-7-16-4-2-12-26-14-16/h1-2,4-14H,3,15,25H2,(H,27,29)(H,28,30)/b11-7+. The molecule has 1 heterocycles. The maximum Gasteiger partial charge on any atom is 0.255 e. The molecule has 0 aliphatic heterocycles. The molecule has 0 fully saturated rings. The van der Waals surface area contributed by atoms with E-state index in [0.29, 0.717) is 18.5 Å². The maximum atomic E-state index is 13.4. The number of hydrogen-bond donors (Lipinski definition) is 3. The average Bonchev–Trinajstić information content (AvgIpc) is 3.00. The van der Waals surface area contributed by atoms with Crippen LogP contribution in [0.15, 0.2) is 84.3 Å². The Morgan fingerprint density at radius 3 is 2.90 bits per heavy atom. The number of halogens is 1. The Kier molecular flexibility index (Phi) is 6.89. The molecule has 1 aromatic heterocycles. The van der Waals surface area contributed by atoms with Crippen molar-refractivity contribution >= 4 is 29.3 Å². The summed E-state index contributed by atoms with van der Waals surface area (Å²) in [5.74, 6) is -1.11. The van der Waals surface area contributed by atoms with Gasteiger partial charge in [0.05, 0.1) is 11.4 Å². The van der Waals surface area contributed by atoms with Gasteiger partial charge in [-0.15, -0.1) is 0 Å². The quantitative estimate of drug-likeness (QED) is 0.508. The minimum atomic E-state index is -0.486. The van der Waals surface area contributed by atoms with Crippen molar-refractivity contribution in [3.8, 4) is 0 Å². The first-order chi connectivity index (χ1) is 14.5. The highest BCUT2D eigenvalue weighted by molar-refractivity contribution is 6.07. The fourth-order valence-electron chi connectivity index (χ4n) is 2.69. The molecule has 30 heavy (non-hydrogen) atoms. The smallest absolute Gasteiger partial charge is 0.255 e. The Morgan fingerprint density at radius 2 is 2.10 bits per heavy atom. The minimum absolute atomic E-state index is 0.218. The number of nitrogens with one attached hydrogen (secondary N) is 2. The summed E-state index contributed by atoms with van der Waals surface area (Å²) >= 11 is 0. The molecule has 0 saturated carbocycles. The molecule has 0 unspecified atom stereocenters. The molecule has 0 saturated heterocycles. The molecule has 4 N–H and O–H groups in total. The third-order valence-electron chi connectivity index (χ3n) is 4.30. The Balaban J connectivity index is 1.57. The molecule has 0 bridgehead atoms. The van der Waals surface area contributed by atoms with Gasteiger partial charge in [0, 0.05) is 30.6 Å². The Bertz CT molecular complexity index is 1060. The first kappa shape index (κ1) is 20.7. The van der Waals surface area contributed by atoms with Crippen molar-refractivity contribution in [3.05, 3.63) is 95.6 Å². The van der Waals surface area contributed by atoms with E-state index in [1.165, 1.54) is 24.3 Å². The van der Waals surface area contributed by atoms with E-state index < -0.39 is 11.7 Å². The minimum Gasteiger partial charge on any atom is -0.397 e. The van der Waals surface area contributed by atoms with Crippen LogP contribution in [0.1, 0.15) is 12.0 Å². The molecule has 6 nitrogen and oxygen atoms in total. The molecule has 7 heteroatoms. The van der Waals surface area contributed by atoms with Crippen molar-refractivity contribution < 1.29 is 14.0 Å². The van der Waals surface area contributed by atoms with E-state index in [0.717, 1.165) is 11.1 Å². The summed E-state index contributed by atoms with van der Waals surface area (Å²) in [6.45, 7) is 0.350. The number of nitrogen functional groups attached to an aromatic ring is 1. The monoisotopic (exact) mass is 404 g/mol. The number of nitrogens with two attached hydrogens (primary N) is 1. The molecular formula is C23H21FN4O2. The highest BCUT2D eigenvalue weighted by Crippen LogP contribution is 2.21. The second-order valence-corrected chi connectivity index (χ2v) is 6.58. The van der Waals surface area contributed by atoms with Gasteiger partial charge in [0.25, 0.3) is 5.91 Å². The first-order valence-electron chi connectivity index (χ1n) is 9.30. The number of anilines is 2. The van der Waals surface area contributed by atoms with Crippen LogP contribution in [0.2, 0.25) is 0 Å². The summed E-state index contributed by atoms with van der Waals surface area (Å²) in [5, 5.41) is 5.42. The van der Waals surface area contributed by atoms with E-state index in [1.807, 2.05) is 12.1 Å². The maximum absolute atomic E-state index is 13.4. The second-order valence-electron chi connectivity index (χ2n) is 6.58. The van der Waals surface area contributed by atoms with Crippen molar-refractivity contribution in [3.63, 3.8) is 0 Å². The van der Waals surface area contributed by atoms with Crippen LogP contribution in [0, 0.1) is 5.82 Å². The summed E-state index contributed by atoms with van der Waals surface area (Å²) in [7, 11) is 0. The number of pyridine rings is 1. The topological polar surface area (TPSA) is 97.1 Å². The van der Waals surface area contributed by atoms with Gasteiger partial charge in [0.1, 0.15) is 5.82 Å². The number of rotatable bonds is 6. The van der Waals surface area contributed by atoms with Crippen LogP contribution in [0.3, 0.4) is 0 Å². The van der Waals surface area contributed by atoms with Gasteiger partial charge in [0.2, 0.25) is 5.91 Å². The van der Waals surface area contributed by atoms with Crippen LogP contribution in [0.4, 0.5) is 15.8 Å². The lowest BCUT2D eigenvalue weighted by molar-refractivity contribution is -0.116. The zero-order valence-electron chi connectivity index (χ0n) is 16.1. The van der Waals surface area contributed by atoms with Crippen molar-refractivity contribution in [1.82, 2.24) is 10.3 Å². The highest BCUT2D eigenvalue weighted by atomic mass is 19.1. The molecule has 2 aromatic rings. The molecular weight excluding hydrogens is 383 g/mol. The van der Waals surface area contributed by atoms with Crippen LogP contribution in [0.25, 0.3) is 6.08 Å². The van der Waals surface area contributed by atoms with Gasteiger partial charge >= 0.3 is 0 Å². The van der Waals surface area contributed by atoms with Gasteiger partial charge in [-0.05, 0) is 54.0 Å². The fraction of sp³-hybridized carbons (Fsp3) is 0.0870. The van der Waals surface area contributed by atoms with E-state index in [9.17, 15) is 14.0 Å². The van der Waals surface area contributed by atoms with Crippen molar-refractivity contribution in [2.75, 3.05) is 17.6 Å². The van der Waals surface area contributed by atoms with Gasteiger partial charge in [0.15, 0.2) is 0 Å². The van der Waals surface area contributed by atoms with Gasteiger partial charge < -0.3 is 16.4 Å². The molecule has 3 rings (SSSR count). The molecule has 0 radical (unpaired) electrons. The van der Waals surface area contributed by atoms with Crippen LogP contribution in [0.5, 0.6) is 0 Å². The van der Waals surface area contributed by atoms with Crippen molar-refractivity contribution in [1.29, 1.82) is 0 Å². The summed E-state index contributed by atoms with van der Waals surface area (Å²) in [5.41, 5.74) is 8.43. The van der Waals surface area contributed by atoms with E-state index in [1.54, 1.807) is 42.8 Å². The fourth-order valence-corrected chi connectivity index (χ4v) is 2.69. The predicted molar refractivity (Wildman–Crippen MR) is 116 cm³/mol. The van der Waals surface area contributed by atoms with Gasteiger partial charge in [-0.25, -0.2) is 4.39 Å². The van der Waals surface area contributed by atoms with Gasteiger partial charge in [-0.1, -0.05) is 24.3 Å². The van der Waals surface area contributed by atoms with E-state index in [2.05, 4.69) is 15.6 Å². The largest absolute Gasteiger partial charge is 0.397 e. The number of hydrogen-bond acceptors (Lipinski definition) is 4. The Hall–Kier alpha value is -4.00. The van der Waals surface area contributed by atoms with E-state index in [4.69, 9.17) is 5.73 Å². The third-order valence-corrected chi connectivity index (χ3v) is 4.30.